The summed E-state index contributed by atoms with van der Waals surface area (Å²) in [6.07, 6.45) is 2.86. The minimum absolute atomic E-state index is 0. The van der Waals surface area contributed by atoms with Crippen molar-refractivity contribution in [2.75, 3.05) is 6.61 Å². The Kier molecular flexibility index (Phi) is 9.62. The zero-order valence-corrected chi connectivity index (χ0v) is 29.3. The molecule has 9 nitrogen and oxygen atoms in total. The molecule has 0 radical (unpaired) electrons. The van der Waals surface area contributed by atoms with Crippen LogP contribution >= 0.6 is 7.82 Å². The van der Waals surface area contributed by atoms with Gasteiger partial charge in [0.2, 0.25) is 0 Å². The zero-order valence-electron chi connectivity index (χ0n) is 22.1. The Morgan fingerprint density at radius 1 is 1.24 bits per heavy atom. The van der Waals surface area contributed by atoms with E-state index in [1.54, 1.807) is 33.8 Å². The Morgan fingerprint density at radius 2 is 1.89 bits per heavy atom. The molecule has 1 heterocycles. The van der Waals surface area contributed by atoms with E-state index in [1.165, 1.54) is 12.2 Å². The molecule has 5 rings (SSSR count). The number of carbonyl (C=O) groups excluding carboxylic acids is 2. The summed E-state index contributed by atoms with van der Waals surface area (Å²) in [7, 11) is -5.44. The van der Waals surface area contributed by atoms with Gasteiger partial charge in [0.1, 0.15) is 6.61 Å². The Labute approximate surface area is 300 Å². The molecule has 1 N–H and O–H groups in total. The maximum atomic E-state index is 17.3. The number of halogens is 1. The molecular weight excluding hydrogens is 560 g/mol. The maximum absolute atomic E-state index is 17.3. The standard InChI is InChI=1S/C24H32FO9P.2K/c1-20(2)33-19-10-16-15-6-5-13-9-14(26)7-8-21(13,3)23(15,25)17(27)11-22(16,4)24(19,34-20)18(28)12-32-35(29,30)31;;/h7-9,15-17,19,27H,5-6,10-12H2,1-4H3,(H2,29,30,31);;/q;2*+1/p-2/t15?,16-,17-,19+,21?,22?,23-,24+;;/m0../s1. The minimum Gasteiger partial charge on any atom is -0.790 e. The van der Waals surface area contributed by atoms with E-state index in [-0.39, 0.29) is 121 Å². The second kappa shape index (κ2) is 10.6. The van der Waals surface area contributed by atoms with Crippen LogP contribution in [-0.4, -0.2) is 52.5 Å². The van der Waals surface area contributed by atoms with Gasteiger partial charge in [0.15, 0.2) is 28.6 Å². The summed E-state index contributed by atoms with van der Waals surface area (Å²) in [6.45, 7) is 5.64. The van der Waals surface area contributed by atoms with Gasteiger partial charge < -0.3 is 33.5 Å². The van der Waals surface area contributed by atoms with E-state index in [0.29, 0.717) is 18.4 Å². The van der Waals surface area contributed by atoms with Crippen LogP contribution in [0.4, 0.5) is 4.39 Å². The Bertz CT molecular complexity index is 1110. The molecule has 0 aromatic rings. The molecule has 0 bridgehead atoms. The summed E-state index contributed by atoms with van der Waals surface area (Å²) >= 11 is 0. The van der Waals surface area contributed by atoms with E-state index in [0.717, 1.165) is 0 Å². The number of phosphoric acid groups is 1. The Balaban J connectivity index is 0.00000190. The number of aliphatic hydroxyl groups is 1. The topological polar surface area (TPSA) is 145 Å². The van der Waals surface area contributed by atoms with Crippen LogP contribution in [0, 0.1) is 22.7 Å². The first-order chi connectivity index (χ1) is 16.0. The van der Waals surface area contributed by atoms with Gasteiger partial charge in [-0.1, -0.05) is 18.6 Å². The fourth-order valence-corrected chi connectivity index (χ4v) is 8.33. The van der Waals surface area contributed by atoms with Gasteiger partial charge in [0, 0.05) is 16.7 Å². The van der Waals surface area contributed by atoms with E-state index in [1.807, 2.05) is 0 Å². The van der Waals surface area contributed by atoms with Crippen molar-refractivity contribution in [3.8, 4) is 0 Å². The van der Waals surface area contributed by atoms with Crippen LogP contribution in [0.5, 0.6) is 0 Å². The summed E-state index contributed by atoms with van der Waals surface area (Å²) in [5, 5.41) is 11.4. The molecule has 0 aromatic heterocycles. The Hall–Kier alpha value is 2.01. The number of aliphatic hydroxyl groups excluding tert-OH is 1. The van der Waals surface area contributed by atoms with Crippen LogP contribution in [0.25, 0.3) is 0 Å². The first-order valence-electron chi connectivity index (χ1n) is 11.9. The van der Waals surface area contributed by atoms with Gasteiger partial charge in [-0.3, -0.25) is 9.59 Å². The fraction of sp³-hybridized carbons (Fsp3) is 0.750. The number of rotatable bonds is 4. The molecule has 0 aromatic carbocycles. The Morgan fingerprint density at radius 3 is 2.51 bits per heavy atom. The van der Waals surface area contributed by atoms with E-state index >= 15 is 4.39 Å². The van der Waals surface area contributed by atoms with Crippen LogP contribution in [0.3, 0.4) is 0 Å². The molecule has 4 aliphatic carbocycles. The van der Waals surface area contributed by atoms with Gasteiger partial charge in [-0.25, -0.2) is 4.39 Å². The van der Waals surface area contributed by atoms with Gasteiger partial charge in [-0.15, -0.1) is 0 Å². The maximum Gasteiger partial charge on any atom is 1.00 e. The van der Waals surface area contributed by atoms with Gasteiger partial charge in [-0.2, -0.15) is 0 Å². The smallest absolute Gasteiger partial charge is 0.790 e. The third kappa shape index (κ3) is 4.83. The van der Waals surface area contributed by atoms with Crippen molar-refractivity contribution in [2.24, 2.45) is 22.7 Å². The fourth-order valence-electron chi connectivity index (χ4n) is 8.05. The third-order valence-corrected chi connectivity index (χ3v) is 9.85. The van der Waals surface area contributed by atoms with Crippen molar-refractivity contribution in [1.82, 2.24) is 0 Å². The molecule has 1 aliphatic heterocycles. The van der Waals surface area contributed by atoms with Crippen molar-refractivity contribution >= 4 is 19.4 Å². The molecule has 3 unspecified atom stereocenters. The van der Waals surface area contributed by atoms with Gasteiger partial charge in [0.05, 0.1) is 20.0 Å². The summed E-state index contributed by atoms with van der Waals surface area (Å²) in [6, 6.07) is 0. The molecule has 194 valence electrons. The van der Waals surface area contributed by atoms with E-state index < -0.39 is 72.1 Å². The minimum atomic E-state index is -5.44. The van der Waals surface area contributed by atoms with Crippen LogP contribution in [0.15, 0.2) is 23.8 Å². The van der Waals surface area contributed by atoms with Crippen molar-refractivity contribution in [1.29, 1.82) is 0 Å². The normalized spacial score (nSPS) is 45.4. The number of hydrogen-bond acceptors (Lipinski definition) is 9. The van der Waals surface area contributed by atoms with Crippen LogP contribution in [0.2, 0.25) is 0 Å². The number of ketones is 2. The van der Waals surface area contributed by atoms with E-state index in [4.69, 9.17) is 9.47 Å². The van der Waals surface area contributed by atoms with Gasteiger partial charge in [-0.05, 0) is 64.5 Å². The number of phosphoric ester groups is 1. The average Bonchev–Trinajstić information content (AvgIpc) is 3.14. The van der Waals surface area contributed by atoms with Gasteiger partial charge >= 0.3 is 103 Å². The number of allylic oxidation sites excluding steroid dienone is 4. The zero-order chi connectivity index (χ0) is 25.8. The monoisotopic (exact) mass is 590 g/mol. The molecular formula is C24H30FK2O9P. The molecule has 0 amide bonds. The number of ether oxygens (including phenoxy) is 2. The molecule has 3 saturated carbocycles. The summed E-state index contributed by atoms with van der Waals surface area (Å²) in [4.78, 5) is 47.8. The van der Waals surface area contributed by atoms with Crippen molar-refractivity contribution in [3.05, 3.63) is 23.8 Å². The molecule has 13 heteroatoms. The molecule has 37 heavy (non-hydrogen) atoms. The van der Waals surface area contributed by atoms with Crippen molar-refractivity contribution in [3.63, 3.8) is 0 Å². The first kappa shape index (κ1) is 33.5. The van der Waals surface area contributed by atoms with E-state index in [9.17, 15) is 29.0 Å². The summed E-state index contributed by atoms with van der Waals surface area (Å²) in [5.74, 6) is -3.35. The predicted octanol–water partition coefficient (Wildman–Crippen LogP) is -4.72. The number of fused-ring (bicyclic) bond motifs is 7. The second-order valence-corrected chi connectivity index (χ2v) is 12.6. The van der Waals surface area contributed by atoms with Crippen molar-refractivity contribution in [2.45, 2.75) is 82.6 Å². The van der Waals surface area contributed by atoms with Crippen LogP contribution in [-0.2, 0) is 28.2 Å². The third-order valence-electron chi connectivity index (χ3n) is 9.40. The second-order valence-electron chi connectivity index (χ2n) is 11.5. The summed E-state index contributed by atoms with van der Waals surface area (Å²) in [5.41, 5.74) is -5.52. The number of alkyl halides is 1. The van der Waals surface area contributed by atoms with Crippen molar-refractivity contribution < 1.29 is 150 Å². The van der Waals surface area contributed by atoms with Gasteiger partial charge in [0.25, 0.3) is 0 Å². The molecule has 5 aliphatic rings. The molecule has 0 spiro atoms. The predicted molar refractivity (Wildman–Crippen MR) is 115 cm³/mol. The molecule has 1 saturated heterocycles. The first-order valence-corrected chi connectivity index (χ1v) is 13.4. The molecule has 8 atom stereocenters. The number of hydrogen-bond donors (Lipinski definition) is 1. The number of carbonyl (C=O) groups is 2. The van der Waals surface area contributed by atoms with E-state index in [2.05, 4.69) is 4.52 Å². The average molecular weight is 591 g/mol. The number of Topliss-reactive ketones (excluding diaryl/α,β-unsaturated/α-hetero) is 1. The van der Waals surface area contributed by atoms with Crippen LogP contribution in [0.1, 0.15) is 53.4 Å². The SMILES string of the molecule is CC1(C)O[C@@H]2C[C@H]3C4CCC5=CC(=O)C=CC5(C)[C@@]4(F)[C@@H](O)CC3(C)[C@]2(C(=O)COP(=O)([O-])[O-])O1.[K+].[K+]. The van der Waals surface area contributed by atoms with Crippen LogP contribution < -0.4 is 113 Å². The largest absolute Gasteiger partial charge is 1.00 e. The summed E-state index contributed by atoms with van der Waals surface area (Å²) < 4.78 is 45.0. The molecule has 4 fully saturated rings. The quantitative estimate of drug-likeness (QED) is 0.252.